The van der Waals surface area contributed by atoms with Gasteiger partial charge in [0.2, 0.25) is 0 Å². The lowest BCUT2D eigenvalue weighted by atomic mass is 10.0. The molecule has 0 rings (SSSR count). The van der Waals surface area contributed by atoms with Crippen LogP contribution in [-0.2, 0) is 65.4 Å². The molecule has 3 N–H and O–H groups in total. The van der Waals surface area contributed by atoms with Crippen molar-refractivity contribution in [2.45, 2.75) is 356 Å². The predicted molar refractivity (Wildman–Crippen MR) is 367 cm³/mol. The van der Waals surface area contributed by atoms with E-state index in [0.29, 0.717) is 37.5 Å². The summed E-state index contributed by atoms with van der Waals surface area (Å²) in [5.74, 6) is 0.00884. The average molecular weight is 1340 g/mol. The van der Waals surface area contributed by atoms with Gasteiger partial charge < -0.3 is 33.8 Å². The van der Waals surface area contributed by atoms with Crippen LogP contribution in [0.15, 0.2) is 24.3 Å². The summed E-state index contributed by atoms with van der Waals surface area (Å²) in [4.78, 5) is 72.5. The SMILES string of the molecule is CCCCCC/C=C\C=C/CCCCCCCC(=O)O[C@H](COC(=O)CCCCCCCCC(C)C)COP(=O)(O)OC[C@H](O)COP(=O)(O)OC[C@@H](COC(=O)CCCCCCCCCCCCCCCCC(C)C)OC(=O)CCCCCCCCCC(C)C. The number of esters is 4. The van der Waals surface area contributed by atoms with Crippen molar-refractivity contribution >= 4 is 39.5 Å². The molecule has 0 amide bonds. The summed E-state index contributed by atoms with van der Waals surface area (Å²) in [6.07, 6.45) is 49.7. The van der Waals surface area contributed by atoms with Gasteiger partial charge in [-0.2, -0.15) is 0 Å². The van der Waals surface area contributed by atoms with Gasteiger partial charge in [-0.15, -0.1) is 0 Å². The van der Waals surface area contributed by atoms with E-state index in [2.05, 4.69) is 72.8 Å². The van der Waals surface area contributed by atoms with Crippen LogP contribution in [0.5, 0.6) is 0 Å². The Morgan fingerprint density at radius 3 is 0.890 bits per heavy atom. The first-order chi connectivity index (χ1) is 43.7. The van der Waals surface area contributed by atoms with E-state index in [9.17, 15) is 43.2 Å². The number of hydrogen-bond acceptors (Lipinski definition) is 15. The number of allylic oxidation sites excluding steroid dienone is 4. The number of hydrogen-bond donors (Lipinski definition) is 3. The van der Waals surface area contributed by atoms with Crippen LogP contribution in [0.25, 0.3) is 0 Å². The number of phosphoric ester groups is 2. The van der Waals surface area contributed by atoms with E-state index < -0.39 is 97.5 Å². The van der Waals surface area contributed by atoms with E-state index in [-0.39, 0.29) is 25.7 Å². The summed E-state index contributed by atoms with van der Waals surface area (Å²) >= 11 is 0. The highest BCUT2D eigenvalue weighted by atomic mass is 31.2. The molecule has 536 valence electrons. The summed E-state index contributed by atoms with van der Waals surface area (Å²) in [5.41, 5.74) is 0. The molecule has 91 heavy (non-hydrogen) atoms. The van der Waals surface area contributed by atoms with Crippen LogP contribution in [0.3, 0.4) is 0 Å². The highest BCUT2D eigenvalue weighted by molar-refractivity contribution is 7.47. The van der Waals surface area contributed by atoms with Gasteiger partial charge in [0.05, 0.1) is 26.4 Å². The Hall–Kier alpha value is -2.46. The first kappa shape index (κ1) is 88.5. The third-order valence-electron chi connectivity index (χ3n) is 16.0. The number of carbonyl (C=O) groups is 4. The standard InChI is InChI=1S/C72H136O17P2/c1-8-9-10-11-12-13-14-15-16-21-24-27-32-41-48-55-71(76)88-68(60-83-70(75)54-47-40-35-34-38-45-52-65(6)7)62-87-91(80,81)85-58-66(73)57-84-90(78,79)86-61-67(89-72(77)56-49-42-33-28-30-37-44-51-64(4)5)59-82-69(74)53-46-39-31-26-23-20-18-17-19-22-25-29-36-43-50-63(2)3/h13-16,63-68,73H,8-12,17-62H2,1-7H3,(H,78,79)(H,80,81)/b14-13-,16-15-/t66-,67-,68-/m1/s1. The molecule has 0 bridgehead atoms. The van der Waals surface area contributed by atoms with Crippen molar-refractivity contribution in [3.05, 3.63) is 24.3 Å². The molecule has 0 spiro atoms. The molecule has 0 fully saturated rings. The number of aliphatic hydroxyl groups is 1. The van der Waals surface area contributed by atoms with Gasteiger partial charge >= 0.3 is 39.5 Å². The van der Waals surface area contributed by atoms with Gasteiger partial charge in [0, 0.05) is 25.7 Å². The first-order valence-corrected chi connectivity index (χ1v) is 39.7. The fourth-order valence-corrected chi connectivity index (χ4v) is 11.9. The van der Waals surface area contributed by atoms with Crippen molar-refractivity contribution in [1.82, 2.24) is 0 Å². The van der Waals surface area contributed by atoms with Gasteiger partial charge in [0.25, 0.3) is 0 Å². The summed E-state index contributed by atoms with van der Waals surface area (Å²) < 4.78 is 68.2. The molecular weight excluding hydrogens is 1200 g/mol. The molecule has 0 aromatic carbocycles. The van der Waals surface area contributed by atoms with E-state index >= 15 is 0 Å². The van der Waals surface area contributed by atoms with Crippen molar-refractivity contribution in [2.75, 3.05) is 39.6 Å². The molecular formula is C72H136O17P2. The maximum Gasteiger partial charge on any atom is 0.472 e. The maximum atomic E-state index is 13.0. The molecule has 19 heteroatoms. The summed E-state index contributed by atoms with van der Waals surface area (Å²) in [6.45, 7) is 11.7. The number of carbonyl (C=O) groups excluding carboxylic acids is 4. The molecule has 0 aliphatic heterocycles. The molecule has 5 atom stereocenters. The molecule has 0 aromatic heterocycles. The van der Waals surface area contributed by atoms with E-state index in [1.54, 1.807) is 0 Å². The second-order valence-electron chi connectivity index (χ2n) is 26.7. The van der Waals surface area contributed by atoms with Crippen molar-refractivity contribution in [2.24, 2.45) is 17.8 Å². The van der Waals surface area contributed by atoms with Crippen molar-refractivity contribution in [3.63, 3.8) is 0 Å². The predicted octanol–water partition coefficient (Wildman–Crippen LogP) is 20.2. The Kier molecular flexibility index (Phi) is 60.7. The normalized spacial score (nSPS) is 14.3. The van der Waals surface area contributed by atoms with Crippen LogP contribution in [-0.4, -0.2) is 96.7 Å². The second kappa shape index (κ2) is 62.4. The van der Waals surface area contributed by atoms with Gasteiger partial charge in [0.15, 0.2) is 12.2 Å². The fourth-order valence-electron chi connectivity index (χ4n) is 10.4. The van der Waals surface area contributed by atoms with E-state index in [1.807, 2.05) is 0 Å². The van der Waals surface area contributed by atoms with Crippen LogP contribution in [0.1, 0.15) is 337 Å². The minimum absolute atomic E-state index is 0.0835. The highest BCUT2D eigenvalue weighted by Crippen LogP contribution is 2.45. The largest absolute Gasteiger partial charge is 0.472 e. The topological polar surface area (TPSA) is 237 Å². The Morgan fingerprint density at radius 2 is 0.593 bits per heavy atom. The van der Waals surface area contributed by atoms with Crippen molar-refractivity contribution in [1.29, 1.82) is 0 Å². The number of phosphoric acid groups is 2. The molecule has 0 saturated carbocycles. The Labute approximate surface area is 554 Å². The molecule has 0 saturated heterocycles. The zero-order valence-corrected chi connectivity index (χ0v) is 60.6. The highest BCUT2D eigenvalue weighted by Gasteiger charge is 2.30. The van der Waals surface area contributed by atoms with E-state index in [4.69, 9.17) is 37.0 Å². The zero-order chi connectivity index (χ0) is 67.3. The maximum absolute atomic E-state index is 13.0. The molecule has 0 aromatic rings. The number of rotatable bonds is 68. The van der Waals surface area contributed by atoms with Crippen LogP contribution < -0.4 is 0 Å². The van der Waals surface area contributed by atoms with Crippen LogP contribution in [0.4, 0.5) is 0 Å². The average Bonchev–Trinajstić information content (AvgIpc) is 3.53. The van der Waals surface area contributed by atoms with Crippen molar-refractivity contribution in [3.8, 4) is 0 Å². The minimum Gasteiger partial charge on any atom is -0.462 e. The third-order valence-corrected chi connectivity index (χ3v) is 17.9. The summed E-state index contributed by atoms with van der Waals surface area (Å²) in [5, 5.41) is 10.6. The molecule has 0 aliphatic rings. The molecule has 0 radical (unpaired) electrons. The van der Waals surface area contributed by atoms with Crippen LogP contribution >= 0.6 is 15.6 Å². The monoisotopic (exact) mass is 1330 g/mol. The Morgan fingerprint density at radius 1 is 0.341 bits per heavy atom. The second-order valence-corrected chi connectivity index (χ2v) is 29.6. The Balaban J connectivity index is 5.22. The van der Waals surface area contributed by atoms with Gasteiger partial charge in [0.1, 0.15) is 19.3 Å². The third kappa shape index (κ3) is 66.0. The fraction of sp³-hybridized carbons (Fsp3) is 0.889. The van der Waals surface area contributed by atoms with E-state index in [0.717, 1.165) is 115 Å². The molecule has 0 aliphatic carbocycles. The number of aliphatic hydroxyl groups excluding tert-OH is 1. The van der Waals surface area contributed by atoms with Gasteiger partial charge in [-0.25, -0.2) is 9.13 Å². The number of unbranched alkanes of at least 4 members (excludes halogenated alkanes) is 33. The quantitative estimate of drug-likeness (QED) is 0.0169. The lowest BCUT2D eigenvalue weighted by molar-refractivity contribution is -0.161. The van der Waals surface area contributed by atoms with Crippen LogP contribution in [0.2, 0.25) is 0 Å². The lowest BCUT2D eigenvalue weighted by Gasteiger charge is -2.21. The van der Waals surface area contributed by atoms with Gasteiger partial charge in [-0.05, 0) is 69.1 Å². The molecule has 0 heterocycles. The van der Waals surface area contributed by atoms with Gasteiger partial charge in [-0.1, -0.05) is 285 Å². The summed E-state index contributed by atoms with van der Waals surface area (Å²) in [7, 11) is -9.92. The first-order valence-electron chi connectivity index (χ1n) is 36.7. The molecule has 2 unspecified atom stereocenters. The van der Waals surface area contributed by atoms with Crippen molar-refractivity contribution < 1.29 is 80.2 Å². The lowest BCUT2D eigenvalue weighted by Crippen LogP contribution is -2.30. The zero-order valence-electron chi connectivity index (χ0n) is 58.8. The van der Waals surface area contributed by atoms with Gasteiger partial charge in [-0.3, -0.25) is 37.3 Å². The minimum atomic E-state index is -4.96. The Bertz CT molecular complexity index is 1880. The van der Waals surface area contributed by atoms with E-state index in [1.165, 1.54) is 128 Å². The summed E-state index contributed by atoms with van der Waals surface area (Å²) in [6, 6.07) is 0. The smallest absolute Gasteiger partial charge is 0.462 e. The van der Waals surface area contributed by atoms with Crippen LogP contribution in [0, 0.1) is 17.8 Å². The molecule has 17 nitrogen and oxygen atoms in total. The number of ether oxygens (including phenoxy) is 4.